The second-order valence-electron chi connectivity index (χ2n) is 6.51. The van der Waals surface area contributed by atoms with Gasteiger partial charge < -0.3 is 16.4 Å². The molecule has 0 bridgehead atoms. The van der Waals surface area contributed by atoms with E-state index in [2.05, 4.69) is 26.8 Å². The number of nitrogen functional groups attached to an aromatic ring is 2. The number of amides is 1. The highest BCUT2D eigenvalue weighted by Gasteiger charge is 2.17. The molecule has 8 heteroatoms. The van der Waals surface area contributed by atoms with Gasteiger partial charge in [0.1, 0.15) is 5.82 Å². The van der Waals surface area contributed by atoms with Crippen molar-refractivity contribution < 1.29 is 4.79 Å². The summed E-state index contributed by atoms with van der Waals surface area (Å²) in [6, 6.07) is 8.56. The maximum absolute atomic E-state index is 12.4. The first-order valence-electron chi connectivity index (χ1n) is 8.65. The highest BCUT2D eigenvalue weighted by atomic mass is 35.5. The highest BCUT2D eigenvalue weighted by Crippen LogP contribution is 2.28. The number of nitrogens with two attached hydrogens (primary N) is 2. The summed E-state index contributed by atoms with van der Waals surface area (Å²) in [7, 11) is 3.32. The standard InChI is InChI=1S/C21H19ClN6O/c1-12-15(7-4-13-5-9-18(23)25-11-13)19(27-21(24)26-12)14-6-8-17(22)16(10-14)20(29)28(2)3/h5-6,8-11H,1-3H3,(H2,23,25)(H2,24,26,27). The van der Waals surface area contributed by atoms with E-state index in [1.807, 2.05) is 0 Å². The first kappa shape index (κ1) is 20.1. The molecular formula is C21H19ClN6O. The molecule has 1 amide bonds. The summed E-state index contributed by atoms with van der Waals surface area (Å²) in [5.41, 5.74) is 15.0. The summed E-state index contributed by atoms with van der Waals surface area (Å²) >= 11 is 6.23. The molecule has 7 nitrogen and oxygen atoms in total. The Balaban J connectivity index is 2.15. The minimum atomic E-state index is -0.212. The Morgan fingerprint density at radius 2 is 1.86 bits per heavy atom. The predicted octanol–water partition coefficient (Wildman–Crippen LogP) is 2.77. The number of aromatic nitrogens is 3. The van der Waals surface area contributed by atoms with Crippen LogP contribution in [0.4, 0.5) is 11.8 Å². The number of rotatable bonds is 2. The SMILES string of the molecule is Cc1nc(N)nc(-c2ccc(Cl)c(C(=O)N(C)C)c2)c1C#Cc1ccc(N)nc1. The van der Waals surface area contributed by atoms with Gasteiger partial charge in [-0.25, -0.2) is 15.0 Å². The molecular weight excluding hydrogens is 388 g/mol. The smallest absolute Gasteiger partial charge is 0.254 e. The quantitative estimate of drug-likeness (QED) is 0.633. The molecule has 0 spiro atoms. The van der Waals surface area contributed by atoms with Crippen LogP contribution in [-0.4, -0.2) is 39.9 Å². The third kappa shape index (κ3) is 4.45. The maximum Gasteiger partial charge on any atom is 0.254 e. The third-order valence-electron chi connectivity index (χ3n) is 4.10. The first-order valence-corrected chi connectivity index (χ1v) is 9.03. The van der Waals surface area contributed by atoms with E-state index in [1.165, 1.54) is 4.90 Å². The lowest BCUT2D eigenvalue weighted by molar-refractivity contribution is 0.0828. The molecule has 4 N–H and O–H groups in total. The van der Waals surface area contributed by atoms with Crippen molar-refractivity contribution >= 4 is 29.3 Å². The van der Waals surface area contributed by atoms with Gasteiger partial charge in [0.05, 0.1) is 27.5 Å². The average molecular weight is 407 g/mol. The molecule has 2 aromatic heterocycles. The van der Waals surface area contributed by atoms with Crippen LogP contribution >= 0.6 is 11.6 Å². The number of hydrogen-bond acceptors (Lipinski definition) is 6. The number of aryl methyl sites for hydroxylation is 1. The normalized spacial score (nSPS) is 10.2. The zero-order chi connectivity index (χ0) is 21.1. The summed E-state index contributed by atoms with van der Waals surface area (Å²) in [5, 5.41) is 0.354. The van der Waals surface area contributed by atoms with Gasteiger partial charge in [-0.15, -0.1) is 0 Å². The van der Waals surface area contributed by atoms with E-state index in [1.54, 1.807) is 57.5 Å². The lowest BCUT2D eigenvalue weighted by Gasteiger charge is -2.14. The molecule has 1 aromatic carbocycles. The molecule has 0 atom stereocenters. The Kier molecular flexibility index (Phi) is 5.66. The highest BCUT2D eigenvalue weighted by molar-refractivity contribution is 6.34. The topological polar surface area (TPSA) is 111 Å². The summed E-state index contributed by atoms with van der Waals surface area (Å²) in [6.45, 7) is 1.80. The maximum atomic E-state index is 12.4. The van der Waals surface area contributed by atoms with Crippen molar-refractivity contribution in [2.75, 3.05) is 25.6 Å². The number of hydrogen-bond donors (Lipinski definition) is 2. The number of carbonyl (C=O) groups excluding carboxylic acids is 1. The van der Waals surface area contributed by atoms with Crippen LogP contribution in [0.2, 0.25) is 5.02 Å². The van der Waals surface area contributed by atoms with Gasteiger partial charge in [-0.2, -0.15) is 0 Å². The zero-order valence-corrected chi connectivity index (χ0v) is 16.9. The largest absolute Gasteiger partial charge is 0.384 e. The first-order chi connectivity index (χ1) is 13.8. The average Bonchev–Trinajstić information content (AvgIpc) is 2.68. The molecule has 146 valence electrons. The van der Waals surface area contributed by atoms with Gasteiger partial charge in [0.15, 0.2) is 0 Å². The monoisotopic (exact) mass is 406 g/mol. The number of anilines is 2. The van der Waals surface area contributed by atoms with Gasteiger partial charge >= 0.3 is 0 Å². The molecule has 3 rings (SSSR count). The number of halogens is 1. The lowest BCUT2D eigenvalue weighted by Crippen LogP contribution is -2.22. The van der Waals surface area contributed by atoms with Crippen molar-refractivity contribution in [3.05, 3.63) is 63.9 Å². The Morgan fingerprint density at radius 1 is 1.10 bits per heavy atom. The number of nitrogens with zero attached hydrogens (tertiary/aromatic N) is 4. The number of carbonyl (C=O) groups is 1. The summed E-state index contributed by atoms with van der Waals surface area (Å²) in [5.74, 6) is 6.45. The molecule has 0 aliphatic carbocycles. The van der Waals surface area contributed by atoms with Crippen molar-refractivity contribution in [3.63, 3.8) is 0 Å². The van der Waals surface area contributed by atoms with E-state index >= 15 is 0 Å². The molecule has 2 heterocycles. The van der Waals surface area contributed by atoms with Crippen molar-refractivity contribution in [2.24, 2.45) is 0 Å². The third-order valence-corrected chi connectivity index (χ3v) is 4.43. The number of pyridine rings is 1. The van der Waals surface area contributed by atoms with Crippen LogP contribution < -0.4 is 11.5 Å². The van der Waals surface area contributed by atoms with Crippen LogP contribution in [0.1, 0.15) is 27.2 Å². The van der Waals surface area contributed by atoms with Gasteiger partial charge in [-0.05, 0) is 31.2 Å². The Labute approximate surface area is 173 Å². The van der Waals surface area contributed by atoms with Crippen molar-refractivity contribution in [3.8, 4) is 23.1 Å². The molecule has 0 aliphatic heterocycles. The second-order valence-corrected chi connectivity index (χ2v) is 6.91. The summed E-state index contributed by atoms with van der Waals surface area (Å²) in [6.07, 6.45) is 1.59. The second kappa shape index (κ2) is 8.17. The van der Waals surface area contributed by atoms with Crippen LogP contribution in [0.5, 0.6) is 0 Å². The number of benzene rings is 1. The Bertz CT molecular complexity index is 1150. The van der Waals surface area contributed by atoms with Crippen molar-refractivity contribution in [1.29, 1.82) is 0 Å². The minimum absolute atomic E-state index is 0.118. The van der Waals surface area contributed by atoms with E-state index < -0.39 is 0 Å². The van der Waals surface area contributed by atoms with Crippen LogP contribution in [0.15, 0.2) is 36.5 Å². The van der Waals surface area contributed by atoms with E-state index in [4.69, 9.17) is 23.1 Å². The van der Waals surface area contributed by atoms with Gasteiger partial charge in [-0.3, -0.25) is 4.79 Å². The van der Waals surface area contributed by atoms with Crippen LogP contribution in [-0.2, 0) is 0 Å². The molecule has 0 saturated carbocycles. The zero-order valence-electron chi connectivity index (χ0n) is 16.2. The molecule has 0 radical (unpaired) electrons. The molecule has 3 aromatic rings. The van der Waals surface area contributed by atoms with Gasteiger partial charge in [0.25, 0.3) is 5.91 Å². The summed E-state index contributed by atoms with van der Waals surface area (Å²) in [4.78, 5) is 26.5. The van der Waals surface area contributed by atoms with E-state index in [0.717, 1.165) is 0 Å². The van der Waals surface area contributed by atoms with Gasteiger partial charge in [0.2, 0.25) is 5.95 Å². The van der Waals surface area contributed by atoms with Gasteiger partial charge in [-0.1, -0.05) is 29.5 Å². The Morgan fingerprint density at radius 3 is 2.52 bits per heavy atom. The molecule has 0 unspecified atom stereocenters. The van der Waals surface area contributed by atoms with E-state index in [9.17, 15) is 4.79 Å². The van der Waals surface area contributed by atoms with Crippen LogP contribution in [0, 0.1) is 18.8 Å². The van der Waals surface area contributed by atoms with Crippen LogP contribution in [0.3, 0.4) is 0 Å². The molecule has 0 fully saturated rings. The molecule has 0 saturated heterocycles. The summed E-state index contributed by atoms with van der Waals surface area (Å²) < 4.78 is 0. The fourth-order valence-corrected chi connectivity index (χ4v) is 2.84. The van der Waals surface area contributed by atoms with Crippen LogP contribution in [0.25, 0.3) is 11.3 Å². The Hall–Kier alpha value is -3.63. The van der Waals surface area contributed by atoms with Gasteiger partial charge in [0, 0.05) is 31.4 Å². The fraction of sp³-hybridized carbons (Fsp3) is 0.143. The minimum Gasteiger partial charge on any atom is -0.384 e. The predicted molar refractivity (Wildman–Crippen MR) is 114 cm³/mol. The molecule has 29 heavy (non-hydrogen) atoms. The molecule has 0 aliphatic rings. The fourth-order valence-electron chi connectivity index (χ4n) is 2.64. The van der Waals surface area contributed by atoms with E-state index in [0.29, 0.717) is 44.5 Å². The van der Waals surface area contributed by atoms with E-state index in [-0.39, 0.29) is 11.9 Å². The van der Waals surface area contributed by atoms with Crippen molar-refractivity contribution in [2.45, 2.75) is 6.92 Å². The van der Waals surface area contributed by atoms with Crippen molar-refractivity contribution in [1.82, 2.24) is 19.9 Å². The lowest BCUT2D eigenvalue weighted by atomic mass is 10.0.